The third-order valence-corrected chi connectivity index (χ3v) is 4.35. The van der Waals surface area contributed by atoms with Crippen molar-refractivity contribution in [1.82, 2.24) is 0 Å². The van der Waals surface area contributed by atoms with Crippen LogP contribution in [0.4, 0.5) is 5.69 Å². The lowest BCUT2D eigenvalue weighted by molar-refractivity contribution is -0.123. The van der Waals surface area contributed by atoms with E-state index in [2.05, 4.69) is 5.16 Å². The lowest BCUT2D eigenvalue weighted by atomic mass is 10.1. The van der Waals surface area contributed by atoms with Crippen LogP contribution in [0.5, 0.6) is 5.75 Å². The Hall–Kier alpha value is -3.34. The summed E-state index contributed by atoms with van der Waals surface area (Å²) in [6.07, 6.45) is 1.56. The Bertz CT molecular complexity index is 963. The third-order valence-electron chi connectivity index (χ3n) is 4.35. The molecule has 3 aromatic rings. The van der Waals surface area contributed by atoms with Crippen molar-refractivity contribution < 1.29 is 14.4 Å². The van der Waals surface area contributed by atoms with Gasteiger partial charge in [-0.1, -0.05) is 53.7 Å². The summed E-state index contributed by atoms with van der Waals surface area (Å²) in [7, 11) is 0. The third kappa shape index (κ3) is 4.49. The van der Waals surface area contributed by atoms with Gasteiger partial charge in [0.1, 0.15) is 5.75 Å². The fraction of sp³-hybridized carbons (Fsp3) is 0.217. The molecule has 5 nitrogen and oxygen atoms in total. The molecule has 3 aromatic carbocycles. The molecule has 28 heavy (non-hydrogen) atoms. The van der Waals surface area contributed by atoms with Crippen molar-refractivity contribution in [2.24, 2.45) is 5.16 Å². The van der Waals surface area contributed by atoms with Gasteiger partial charge in [-0.15, -0.1) is 0 Å². The SMILES string of the molecule is CCOc1ccccc1/C=N/OCC(=O)N(CC)c1cccc2ccccc12. The molecular formula is C23H24N2O3. The maximum absolute atomic E-state index is 12.7. The Morgan fingerprint density at radius 2 is 1.75 bits per heavy atom. The normalized spacial score (nSPS) is 10.9. The Labute approximate surface area is 165 Å². The number of hydrogen-bond donors (Lipinski definition) is 0. The van der Waals surface area contributed by atoms with Crippen LogP contribution in [0.15, 0.2) is 71.9 Å². The first-order valence-corrected chi connectivity index (χ1v) is 9.39. The van der Waals surface area contributed by atoms with Crippen LogP contribution < -0.4 is 9.64 Å². The van der Waals surface area contributed by atoms with Crippen molar-refractivity contribution in [2.45, 2.75) is 13.8 Å². The fourth-order valence-corrected chi connectivity index (χ4v) is 3.06. The summed E-state index contributed by atoms with van der Waals surface area (Å²) in [4.78, 5) is 19.7. The average Bonchev–Trinajstić information content (AvgIpc) is 2.73. The number of para-hydroxylation sites is 1. The second-order valence-electron chi connectivity index (χ2n) is 6.12. The molecule has 0 radical (unpaired) electrons. The summed E-state index contributed by atoms with van der Waals surface area (Å²) < 4.78 is 5.55. The number of carbonyl (C=O) groups is 1. The zero-order valence-electron chi connectivity index (χ0n) is 16.2. The maximum atomic E-state index is 12.7. The second-order valence-corrected chi connectivity index (χ2v) is 6.12. The number of oxime groups is 1. The van der Waals surface area contributed by atoms with Crippen LogP contribution >= 0.6 is 0 Å². The van der Waals surface area contributed by atoms with Crippen molar-refractivity contribution >= 4 is 28.6 Å². The summed E-state index contributed by atoms with van der Waals surface area (Å²) in [6.45, 7) is 4.86. The number of likely N-dealkylation sites (N-methyl/N-ethyl adjacent to an activating group) is 1. The Morgan fingerprint density at radius 1 is 1.00 bits per heavy atom. The second kappa shape index (κ2) is 9.55. The van der Waals surface area contributed by atoms with Crippen LogP contribution in [-0.4, -0.2) is 31.9 Å². The van der Waals surface area contributed by atoms with E-state index < -0.39 is 0 Å². The first-order chi connectivity index (χ1) is 13.7. The fourth-order valence-electron chi connectivity index (χ4n) is 3.06. The molecule has 5 heteroatoms. The van der Waals surface area contributed by atoms with Gasteiger partial charge in [0.2, 0.25) is 0 Å². The molecule has 0 aliphatic heterocycles. The van der Waals surface area contributed by atoms with Gasteiger partial charge < -0.3 is 14.5 Å². The van der Waals surface area contributed by atoms with E-state index in [0.29, 0.717) is 13.2 Å². The first-order valence-electron chi connectivity index (χ1n) is 9.39. The van der Waals surface area contributed by atoms with Gasteiger partial charge in [-0.05, 0) is 37.4 Å². The number of nitrogens with zero attached hydrogens (tertiary/aromatic N) is 2. The molecule has 0 aliphatic rings. The van der Waals surface area contributed by atoms with Gasteiger partial charge in [0.05, 0.1) is 18.5 Å². The molecule has 3 rings (SSSR count). The van der Waals surface area contributed by atoms with Gasteiger partial charge in [0.15, 0.2) is 6.61 Å². The lowest BCUT2D eigenvalue weighted by Crippen LogP contribution is -2.33. The van der Waals surface area contributed by atoms with E-state index in [1.807, 2.05) is 80.6 Å². The quantitative estimate of drug-likeness (QED) is 0.425. The zero-order valence-corrected chi connectivity index (χ0v) is 16.2. The monoisotopic (exact) mass is 376 g/mol. The standard InChI is InChI=1S/C23H24N2O3/c1-3-25(21-14-9-12-18-10-5-7-13-20(18)21)23(26)17-28-24-16-19-11-6-8-15-22(19)27-4-2/h5-16H,3-4,17H2,1-2H3/b24-16+. The molecule has 0 saturated carbocycles. The van der Waals surface area contributed by atoms with Crippen molar-refractivity contribution in [1.29, 1.82) is 0 Å². The van der Waals surface area contributed by atoms with Gasteiger partial charge in [0.25, 0.3) is 5.91 Å². The molecule has 0 atom stereocenters. The molecular weight excluding hydrogens is 352 g/mol. The van der Waals surface area contributed by atoms with Crippen LogP contribution in [0.1, 0.15) is 19.4 Å². The molecule has 0 aromatic heterocycles. The molecule has 0 heterocycles. The molecule has 0 unspecified atom stereocenters. The zero-order chi connectivity index (χ0) is 19.8. The van der Waals surface area contributed by atoms with Crippen LogP contribution in [0.25, 0.3) is 10.8 Å². The van der Waals surface area contributed by atoms with Crippen molar-refractivity contribution in [3.8, 4) is 5.75 Å². The summed E-state index contributed by atoms with van der Waals surface area (Å²) in [6, 6.07) is 21.5. The highest BCUT2D eigenvalue weighted by Gasteiger charge is 2.16. The van der Waals surface area contributed by atoms with Crippen LogP contribution in [0.3, 0.4) is 0 Å². The van der Waals surface area contributed by atoms with Crippen molar-refractivity contribution in [3.63, 3.8) is 0 Å². The van der Waals surface area contributed by atoms with E-state index in [4.69, 9.17) is 9.57 Å². The topological polar surface area (TPSA) is 51.1 Å². The number of hydrogen-bond acceptors (Lipinski definition) is 4. The molecule has 0 saturated heterocycles. The largest absolute Gasteiger partial charge is 0.493 e. The predicted octanol–water partition coefficient (Wildman–Crippen LogP) is 4.64. The number of anilines is 1. The lowest BCUT2D eigenvalue weighted by Gasteiger charge is -2.22. The summed E-state index contributed by atoms with van der Waals surface area (Å²) in [5.74, 6) is 0.587. The van der Waals surface area contributed by atoms with E-state index in [1.165, 1.54) is 0 Å². The van der Waals surface area contributed by atoms with E-state index in [1.54, 1.807) is 11.1 Å². The highest BCUT2D eigenvalue weighted by atomic mass is 16.6. The Balaban J connectivity index is 1.68. The number of rotatable bonds is 8. The Morgan fingerprint density at radius 3 is 2.57 bits per heavy atom. The molecule has 144 valence electrons. The number of carbonyl (C=O) groups excluding carboxylic acids is 1. The maximum Gasteiger partial charge on any atom is 0.267 e. The van der Waals surface area contributed by atoms with Crippen LogP contribution in [0.2, 0.25) is 0 Å². The van der Waals surface area contributed by atoms with Gasteiger partial charge in [-0.3, -0.25) is 4.79 Å². The van der Waals surface area contributed by atoms with Crippen molar-refractivity contribution in [2.75, 3.05) is 24.7 Å². The smallest absolute Gasteiger partial charge is 0.267 e. The van der Waals surface area contributed by atoms with Gasteiger partial charge in [-0.25, -0.2) is 0 Å². The summed E-state index contributed by atoms with van der Waals surface area (Å²) in [5.41, 5.74) is 1.68. The summed E-state index contributed by atoms with van der Waals surface area (Å²) >= 11 is 0. The molecule has 0 fully saturated rings. The molecule has 0 aliphatic carbocycles. The van der Waals surface area contributed by atoms with Gasteiger partial charge in [0, 0.05) is 17.5 Å². The minimum Gasteiger partial charge on any atom is -0.493 e. The first kappa shape index (κ1) is 19.4. The molecule has 0 bridgehead atoms. The van der Waals surface area contributed by atoms with Crippen molar-refractivity contribution in [3.05, 3.63) is 72.3 Å². The molecule has 0 spiro atoms. The van der Waals surface area contributed by atoms with Gasteiger partial charge in [-0.2, -0.15) is 0 Å². The minimum atomic E-state index is -0.144. The number of benzene rings is 3. The molecule has 1 amide bonds. The van der Waals surface area contributed by atoms with Crippen LogP contribution in [-0.2, 0) is 9.63 Å². The Kier molecular flexibility index (Phi) is 6.63. The predicted molar refractivity (Wildman–Crippen MR) is 113 cm³/mol. The molecule has 0 N–H and O–H groups in total. The number of ether oxygens (including phenoxy) is 1. The van der Waals surface area contributed by atoms with Crippen LogP contribution in [0, 0.1) is 0 Å². The van der Waals surface area contributed by atoms with E-state index >= 15 is 0 Å². The minimum absolute atomic E-state index is 0.135. The van der Waals surface area contributed by atoms with E-state index in [0.717, 1.165) is 27.8 Å². The van der Waals surface area contributed by atoms with E-state index in [-0.39, 0.29) is 12.5 Å². The highest BCUT2D eigenvalue weighted by Crippen LogP contribution is 2.26. The average molecular weight is 376 g/mol. The number of amides is 1. The number of fused-ring (bicyclic) bond motifs is 1. The van der Waals surface area contributed by atoms with E-state index in [9.17, 15) is 4.79 Å². The highest BCUT2D eigenvalue weighted by molar-refractivity contribution is 6.04. The summed E-state index contributed by atoms with van der Waals surface area (Å²) in [5, 5.41) is 6.08. The van der Waals surface area contributed by atoms with Gasteiger partial charge >= 0.3 is 0 Å².